The molecule has 0 N–H and O–H groups in total. The summed E-state index contributed by atoms with van der Waals surface area (Å²) < 4.78 is 24.3. The first-order valence-electron chi connectivity index (χ1n) is 20.6. The van der Waals surface area contributed by atoms with Gasteiger partial charge in [-0.2, -0.15) is 9.97 Å². The van der Waals surface area contributed by atoms with E-state index >= 15 is 0 Å². The number of aromatic nitrogens is 4. The monoisotopic (exact) mass is 788 g/mol. The van der Waals surface area contributed by atoms with Crippen LogP contribution in [0.2, 0.25) is 0 Å². The summed E-state index contributed by atoms with van der Waals surface area (Å²) in [5.41, 5.74) is 2.62. The van der Waals surface area contributed by atoms with Gasteiger partial charge in [0.2, 0.25) is 11.8 Å². The van der Waals surface area contributed by atoms with Crippen LogP contribution in [0.5, 0.6) is 0 Å². The number of ether oxygens (including phenoxy) is 2. The molecule has 2 aliphatic rings. The Morgan fingerprint density at radius 2 is 0.966 bits per heavy atom. The second-order valence-electron chi connectivity index (χ2n) is 17.5. The van der Waals surface area contributed by atoms with Crippen LogP contribution in [-0.2, 0) is 35.2 Å². The zero-order valence-electron chi connectivity index (χ0n) is 34.6. The molecule has 0 radical (unpaired) electrons. The zero-order valence-corrected chi connectivity index (χ0v) is 34.6. The molecule has 0 bridgehead atoms. The third kappa shape index (κ3) is 10.6. The molecule has 7 rings (SSSR count). The molecular weight excluding hydrogens is 733 g/mol. The van der Waals surface area contributed by atoms with E-state index < -0.39 is 23.3 Å². The Labute approximate surface area is 341 Å². The van der Waals surface area contributed by atoms with E-state index in [4.69, 9.17) is 28.5 Å². The van der Waals surface area contributed by atoms with Gasteiger partial charge >= 0.3 is 0 Å². The predicted octanol–water partition coefficient (Wildman–Crippen LogP) is 8.35. The first-order chi connectivity index (χ1) is 27.8. The lowest BCUT2D eigenvalue weighted by Crippen LogP contribution is -2.35. The molecule has 0 unspecified atom stereocenters. The molecule has 0 spiro atoms. The highest BCUT2D eigenvalue weighted by Crippen LogP contribution is 2.37. The molecule has 2 aromatic heterocycles. The van der Waals surface area contributed by atoms with Crippen molar-refractivity contribution in [2.24, 2.45) is 0 Å². The maximum absolute atomic E-state index is 14.2. The highest BCUT2D eigenvalue weighted by molar-refractivity contribution is 5.98. The normalized spacial score (nSPS) is 19.9. The van der Waals surface area contributed by atoms with Gasteiger partial charge in [0.25, 0.3) is 11.8 Å². The number of aryl methyl sites for hydroxylation is 4. The van der Waals surface area contributed by atoms with Crippen LogP contribution >= 0.6 is 0 Å². The Balaban J connectivity index is 1.04. The molecule has 0 aliphatic carbocycles. The van der Waals surface area contributed by atoms with E-state index in [1.807, 2.05) is 77.9 Å². The van der Waals surface area contributed by atoms with Crippen LogP contribution < -0.4 is 0 Å². The van der Waals surface area contributed by atoms with E-state index in [-0.39, 0.29) is 24.0 Å². The molecule has 3 aromatic carbocycles. The molecule has 0 saturated carbocycles. The van der Waals surface area contributed by atoms with Gasteiger partial charge in [0.05, 0.1) is 23.4 Å². The lowest BCUT2D eigenvalue weighted by atomic mass is 10.1. The third-order valence-electron chi connectivity index (χ3n) is 10.4. The minimum Gasteiger partial charge on any atom is -0.371 e. The van der Waals surface area contributed by atoms with Crippen LogP contribution in [0.3, 0.4) is 0 Å². The second kappa shape index (κ2) is 17.7. The molecular formula is C46H56N6O6. The largest absolute Gasteiger partial charge is 0.371 e. The van der Waals surface area contributed by atoms with Gasteiger partial charge in [0, 0.05) is 49.9 Å². The van der Waals surface area contributed by atoms with E-state index in [2.05, 4.69) is 34.6 Å². The number of nitrogens with zero attached hydrogens (tertiary/aromatic N) is 6. The minimum absolute atomic E-state index is 0.198. The highest BCUT2D eigenvalue weighted by atomic mass is 16.5. The maximum Gasteiger partial charge on any atom is 0.254 e. The van der Waals surface area contributed by atoms with Gasteiger partial charge in [-0.3, -0.25) is 9.59 Å². The van der Waals surface area contributed by atoms with Gasteiger partial charge in [-0.1, -0.05) is 71.0 Å². The Morgan fingerprint density at radius 3 is 1.33 bits per heavy atom. The fourth-order valence-electron chi connectivity index (χ4n) is 7.97. The van der Waals surface area contributed by atoms with Crippen LogP contribution in [-0.4, -0.2) is 78.4 Å². The fourth-order valence-corrected chi connectivity index (χ4v) is 7.97. The Bertz CT molecular complexity index is 1950. The molecule has 2 aliphatic heterocycles. The van der Waals surface area contributed by atoms with Crippen molar-refractivity contribution in [1.29, 1.82) is 0 Å². The summed E-state index contributed by atoms with van der Waals surface area (Å²) in [4.78, 5) is 41.5. The van der Waals surface area contributed by atoms with Gasteiger partial charge in [0.1, 0.15) is 12.1 Å². The number of rotatable bonds is 14. The van der Waals surface area contributed by atoms with Crippen LogP contribution in [0.25, 0.3) is 0 Å². The predicted molar refractivity (Wildman–Crippen MR) is 218 cm³/mol. The van der Waals surface area contributed by atoms with Crippen molar-refractivity contribution in [3.05, 3.63) is 131 Å². The van der Waals surface area contributed by atoms with Crippen molar-refractivity contribution < 1.29 is 28.1 Å². The number of carbonyl (C=O) groups is 2. The van der Waals surface area contributed by atoms with Gasteiger partial charge < -0.3 is 28.3 Å². The summed E-state index contributed by atoms with van der Waals surface area (Å²) in [5.74, 6) is 1.66. The van der Waals surface area contributed by atoms with Gasteiger partial charge in [-0.15, -0.1) is 0 Å². The maximum atomic E-state index is 14.2. The van der Waals surface area contributed by atoms with Crippen LogP contribution in [0.4, 0.5) is 0 Å². The molecule has 12 heteroatoms. The highest BCUT2D eigenvalue weighted by Gasteiger charge is 2.43. The number of amides is 2. The molecule has 2 fully saturated rings. The molecule has 4 heterocycles. The first-order valence-corrected chi connectivity index (χ1v) is 20.6. The lowest BCUT2D eigenvalue weighted by Gasteiger charge is -2.25. The number of hydrogen-bond donors (Lipinski definition) is 0. The van der Waals surface area contributed by atoms with Crippen molar-refractivity contribution in [2.75, 3.05) is 13.1 Å². The summed E-state index contributed by atoms with van der Waals surface area (Å²) in [7, 11) is 0. The van der Waals surface area contributed by atoms with E-state index in [1.54, 1.807) is 34.1 Å². The van der Waals surface area contributed by atoms with Crippen LogP contribution in [0.1, 0.15) is 135 Å². The average Bonchev–Trinajstić information content (AvgIpc) is 4.01. The Morgan fingerprint density at radius 1 is 0.586 bits per heavy atom. The van der Waals surface area contributed by atoms with Crippen molar-refractivity contribution in [2.45, 2.75) is 128 Å². The average molecular weight is 789 g/mol. The number of carbonyl (C=O) groups excluding carboxylic acids is 2. The summed E-state index contributed by atoms with van der Waals surface area (Å²) >= 11 is 0. The number of hydrogen-bond acceptors (Lipinski definition) is 10. The lowest BCUT2D eigenvalue weighted by molar-refractivity contribution is -0.0539. The van der Waals surface area contributed by atoms with Crippen LogP contribution in [0.15, 0.2) is 94.0 Å². The van der Waals surface area contributed by atoms with Gasteiger partial charge in [0.15, 0.2) is 11.6 Å². The molecule has 5 aromatic rings. The standard InChI is InChI=1S/C46H56N6O6/c1-45(2,3)55-35-27-37(41-47-39(49-57-41)21-13-19-31-15-9-7-10-16-31)51(29-35)43(53)33-23-25-34(26-24-33)44(54)52-30-36(56-46(4,5)6)28-38(52)42-48-40(50-58-42)22-14-20-32-17-11-8-12-18-32/h7-12,15-18,23-26,35-38H,13-14,19-22,27-30H2,1-6H3/t35-,36-,37+,38+/m1/s1. The summed E-state index contributed by atoms with van der Waals surface area (Å²) in [6.07, 6.45) is 5.55. The number of likely N-dealkylation sites (tertiary alicyclic amines) is 2. The molecule has 58 heavy (non-hydrogen) atoms. The van der Waals surface area contributed by atoms with Crippen LogP contribution in [0, 0.1) is 0 Å². The summed E-state index contributed by atoms with van der Waals surface area (Å²) in [6, 6.07) is 26.6. The smallest absolute Gasteiger partial charge is 0.254 e. The van der Waals surface area contributed by atoms with Crippen molar-refractivity contribution in [3.8, 4) is 0 Å². The van der Waals surface area contributed by atoms with E-state index in [0.717, 1.165) is 25.7 Å². The molecule has 2 amide bonds. The second-order valence-corrected chi connectivity index (χ2v) is 17.5. The fraction of sp³-hybridized carbons (Fsp3) is 0.478. The summed E-state index contributed by atoms with van der Waals surface area (Å²) in [6.45, 7) is 12.8. The van der Waals surface area contributed by atoms with Crippen molar-refractivity contribution in [1.82, 2.24) is 30.1 Å². The van der Waals surface area contributed by atoms with Crippen molar-refractivity contribution >= 4 is 11.8 Å². The third-order valence-corrected chi connectivity index (χ3v) is 10.4. The summed E-state index contributed by atoms with van der Waals surface area (Å²) in [5, 5.41) is 8.55. The van der Waals surface area contributed by atoms with Gasteiger partial charge in [-0.05, 0) is 103 Å². The molecule has 4 atom stereocenters. The molecule has 306 valence electrons. The van der Waals surface area contributed by atoms with E-state index in [1.165, 1.54) is 11.1 Å². The molecule has 2 saturated heterocycles. The topological polar surface area (TPSA) is 137 Å². The minimum atomic E-state index is -0.445. The van der Waals surface area contributed by atoms with Crippen molar-refractivity contribution in [3.63, 3.8) is 0 Å². The van der Waals surface area contributed by atoms with E-state index in [0.29, 0.717) is 73.3 Å². The van der Waals surface area contributed by atoms with Gasteiger partial charge in [-0.25, -0.2) is 0 Å². The number of benzene rings is 3. The molecule has 12 nitrogen and oxygen atoms in total. The SMILES string of the molecule is CC(C)(C)O[C@@H]1C[C@@H](c2nc(CCCc3ccccc3)no2)N(C(=O)c2ccc(C(=O)N3C[C@H](OC(C)(C)C)C[C@H]3c3nc(CCCc4ccccc4)no3)cc2)C1. The van der Waals surface area contributed by atoms with E-state index in [9.17, 15) is 9.59 Å². The Hall–Kier alpha value is -5.20. The quantitative estimate of drug-likeness (QED) is 0.108. The first kappa shape index (κ1) is 41.0. The Kier molecular flexibility index (Phi) is 12.5. The zero-order chi connectivity index (χ0) is 40.9.